The van der Waals surface area contributed by atoms with E-state index >= 15 is 0 Å². The smallest absolute Gasteiger partial charge is 0.269 e. The largest absolute Gasteiger partial charge is 0.392 e. The Labute approximate surface area is 148 Å². The Balaban J connectivity index is 0.00000288. The van der Waals surface area contributed by atoms with Gasteiger partial charge >= 0.3 is 0 Å². The van der Waals surface area contributed by atoms with Crippen LogP contribution in [0.25, 0.3) is 0 Å². The summed E-state index contributed by atoms with van der Waals surface area (Å²) in [6.07, 6.45) is 2.07. The van der Waals surface area contributed by atoms with E-state index in [0.29, 0.717) is 11.4 Å². The van der Waals surface area contributed by atoms with Gasteiger partial charge in [-0.15, -0.1) is 0 Å². The summed E-state index contributed by atoms with van der Waals surface area (Å²) in [4.78, 5) is 10.4. The van der Waals surface area contributed by atoms with Gasteiger partial charge in [-0.1, -0.05) is 63.1 Å². The van der Waals surface area contributed by atoms with E-state index in [0.717, 1.165) is 24.0 Å². The number of hydrogen-bond acceptors (Lipinski definition) is 3. The number of hydrogen-bond donors (Lipinski definition) is 1. The molecule has 0 aliphatic heterocycles. The molecule has 0 aliphatic rings. The first kappa shape index (κ1) is 20.1. The number of rotatable bonds is 7. The molecular formula is C19H24ClNO3. The maximum atomic E-state index is 10.8. The standard InChI is InChI=1S/C18H20ClNO3.CH4/c1-2-3-4-17(21)18(13-5-9-15(19)10-6-13)14-7-11-16(12-8-14)20(22)23;/h5-12,17-18,21H,2-4H2,1H3;1H4. The molecule has 0 amide bonds. The van der Waals surface area contributed by atoms with Crippen LogP contribution in [0.1, 0.15) is 50.7 Å². The first-order valence-corrected chi connectivity index (χ1v) is 8.08. The van der Waals surface area contributed by atoms with Crippen molar-refractivity contribution in [3.63, 3.8) is 0 Å². The third-order valence-corrected chi connectivity index (χ3v) is 4.18. The first-order chi connectivity index (χ1) is 11.0. The zero-order chi connectivity index (χ0) is 16.8. The summed E-state index contributed by atoms with van der Waals surface area (Å²) < 4.78 is 0. The summed E-state index contributed by atoms with van der Waals surface area (Å²) in [7, 11) is 0. The third kappa shape index (κ3) is 5.05. The Kier molecular flexibility index (Phi) is 7.89. The molecule has 4 nitrogen and oxygen atoms in total. The number of aliphatic hydroxyl groups is 1. The van der Waals surface area contributed by atoms with Gasteiger partial charge in [0, 0.05) is 23.1 Å². The number of halogens is 1. The van der Waals surface area contributed by atoms with Gasteiger partial charge < -0.3 is 5.11 Å². The second-order valence-corrected chi connectivity index (χ2v) is 6.02. The fourth-order valence-electron chi connectivity index (χ4n) is 2.69. The van der Waals surface area contributed by atoms with Crippen molar-refractivity contribution in [2.45, 2.75) is 45.6 Å². The molecule has 2 aromatic rings. The second kappa shape index (κ2) is 9.40. The Morgan fingerprint density at radius 3 is 2.04 bits per heavy atom. The topological polar surface area (TPSA) is 63.4 Å². The van der Waals surface area contributed by atoms with Gasteiger partial charge in [-0.2, -0.15) is 0 Å². The lowest BCUT2D eigenvalue weighted by atomic mass is 9.84. The molecule has 2 rings (SSSR count). The van der Waals surface area contributed by atoms with Crippen LogP contribution in [0.3, 0.4) is 0 Å². The molecule has 0 heterocycles. The van der Waals surface area contributed by atoms with E-state index < -0.39 is 11.0 Å². The lowest BCUT2D eigenvalue weighted by Gasteiger charge is -2.24. The predicted molar refractivity (Wildman–Crippen MR) is 98.7 cm³/mol. The van der Waals surface area contributed by atoms with Gasteiger partial charge in [0.25, 0.3) is 5.69 Å². The van der Waals surface area contributed by atoms with Crippen molar-refractivity contribution in [2.24, 2.45) is 0 Å². The molecule has 0 radical (unpaired) electrons. The molecule has 0 fully saturated rings. The molecule has 0 aliphatic carbocycles. The summed E-state index contributed by atoms with van der Waals surface area (Å²) in [5.74, 6) is -0.223. The predicted octanol–water partition coefficient (Wildman–Crippen LogP) is 5.57. The van der Waals surface area contributed by atoms with E-state index in [4.69, 9.17) is 11.6 Å². The number of nitrogens with zero attached hydrogens (tertiary/aromatic N) is 1. The number of non-ortho nitro benzene ring substituents is 1. The van der Waals surface area contributed by atoms with E-state index in [9.17, 15) is 15.2 Å². The van der Waals surface area contributed by atoms with Gasteiger partial charge in [-0.05, 0) is 29.7 Å². The van der Waals surface area contributed by atoms with Crippen molar-refractivity contribution in [3.05, 3.63) is 74.8 Å². The fourth-order valence-corrected chi connectivity index (χ4v) is 2.82. The van der Waals surface area contributed by atoms with Gasteiger partial charge in [0.15, 0.2) is 0 Å². The number of aliphatic hydroxyl groups excluding tert-OH is 1. The van der Waals surface area contributed by atoms with Gasteiger partial charge in [0.2, 0.25) is 0 Å². The molecule has 24 heavy (non-hydrogen) atoms. The fraction of sp³-hybridized carbons (Fsp3) is 0.368. The lowest BCUT2D eigenvalue weighted by Crippen LogP contribution is -2.19. The Morgan fingerprint density at radius 1 is 1.08 bits per heavy atom. The molecule has 5 heteroatoms. The maximum absolute atomic E-state index is 10.8. The number of benzene rings is 2. The molecule has 2 atom stereocenters. The minimum Gasteiger partial charge on any atom is -0.392 e. The van der Waals surface area contributed by atoms with Crippen LogP contribution in [0.15, 0.2) is 48.5 Å². The van der Waals surface area contributed by atoms with Crippen molar-refractivity contribution in [1.82, 2.24) is 0 Å². The van der Waals surface area contributed by atoms with E-state index in [2.05, 4.69) is 6.92 Å². The Morgan fingerprint density at radius 2 is 1.58 bits per heavy atom. The van der Waals surface area contributed by atoms with Crippen LogP contribution in [-0.4, -0.2) is 16.1 Å². The monoisotopic (exact) mass is 349 g/mol. The van der Waals surface area contributed by atoms with Crippen LogP contribution in [0, 0.1) is 10.1 Å². The Bertz CT molecular complexity index is 641. The van der Waals surface area contributed by atoms with Gasteiger partial charge in [-0.25, -0.2) is 0 Å². The average molecular weight is 350 g/mol. The number of unbranched alkanes of at least 4 members (excludes halogenated alkanes) is 1. The van der Waals surface area contributed by atoms with Crippen molar-refractivity contribution in [2.75, 3.05) is 0 Å². The summed E-state index contributed by atoms with van der Waals surface area (Å²) in [6, 6.07) is 13.8. The molecule has 2 unspecified atom stereocenters. The third-order valence-electron chi connectivity index (χ3n) is 3.93. The van der Waals surface area contributed by atoms with Crippen LogP contribution in [-0.2, 0) is 0 Å². The van der Waals surface area contributed by atoms with Crippen LogP contribution in [0.5, 0.6) is 0 Å². The summed E-state index contributed by atoms with van der Waals surface area (Å²) in [5.41, 5.74) is 1.86. The maximum Gasteiger partial charge on any atom is 0.269 e. The molecule has 1 N–H and O–H groups in total. The number of nitro benzene ring substituents is 1. The second-order valence-electron chi connectivity index (χ2n) is 5.59. The molecule has 0 aromatic heterocycles. The minimum absolute atomic E-state index is 0. The normalized spacial score (nSPS) is 13.0. The first-order valence-electron chi connectivity index (χ1n) is 7.70. The van der Waals surface area contributed by atoms with E-state index in [1.807, 2.05) is 12.1 Å². The van der Waals surface area contributed by atoms with Gasteiger partial charge in [-0.3, -0.25) is 10.1 Å². The van der Waals surface area contributed by atoms with Gasteiger partial charge in [0.1, 0.15) is 0 Å². The SMILES string of the molecule is C.CCCCC(O)C(c1ccc(Cl)cc1)c1ccc([N+](=O)[O-])cc1. The summed E-state index contributed by atoms with van der Waals surface area (Å²) >= 11 is 5.94. The highest BCUT2D eigenvalue weighted by atomic mass is 35.5. The zero-order valence-electron chi connectivity index (χ0n) is 13.0. The molecule has 0 bridgehead atoms. The van der Waals surface area contributed by atoms with Crippen LogP contribution < -0.4 is 0 Å². The van der Waals surface area contributed by atoms with Crippen molar-refractivity contribution in [3.8, 4) is 0 Å². The number of nitro groups is 1. The molecule has 0 spiro atoms. The molecular weight excluding hydrogens is 326 g/mol. The zero-order valence-corrected chi connectivity index (χ0v) is 13.7. The quantitative estimate of drug-likeness (QED) is 0.525. The summed E-state index contributed by atoms with van der Waals surface area (Å²) in [6.45, 7) is 2.08. The minimum atomic E-state index is -0.544. The van der Waals surface area contributed by atoms with Gasteiger partial charge in [0.05, 0.1) is 11.0 Å². The molecule has 2 aromatic carbocycles. The lowest BCUT2D eigenvalue weighted by molar-refractivity contribution is -0.384. The van der Waals surface area contributed by atoms with Crippen molar-refractivity contribution < 1.29 is 10.0 Å². The highest BCUT2D eigenvalue weighted by molar-refractivity contribution is 6.30. The highest BCUT2D eigenvalue weighted by Crippen LogP contribution is 2.32. The average Bonchev–Trinajstić information content (AvgIpc) is 2.55. The van der Waals surface area contributed by atoms with E-state index in [1.54, 1.807) is 24.3 Å². The van der Waals surface area contributed by atoms with Crippen LogP contribution in [0.2, 0.25) is 5.02 Å². The Hall–Kier alpha value is -1.91. The van der Waals surface area contributed by atoms with Crippen LogP contribution in [0.4, 0.5) is 5.69 Å². The molecule has 130 valence electrons. The van der Waals surface area contributed by atoms with Crippen LogP contribution >= 0.6 is 11.6 Å². The van der Waals surface area contributed by atoms with Crippen molar-refractivity contribution >= 4 is 17.3 Å². The van der Waals surface area contributed by atoms with E-state index in [-0.39, 0.29) is 19.0 Å². The molecule has 0 saturated heterocycles. The highest BCUT2D eigenvalue weighted by Gasteiger charge is 2.23. The van der Waals surface area contributed by atoms with E-state index in [1.165, 1.54) is 12.1 Å². The van der Waals surface area contributed by atoms with Crippen molar-refractivity contribution in [1.29, 1.82) is 0 Å². The summed E-state index contributed by atoms with van der Waals surface area (Å²) in [5, 5.41) is 22.1. The molecule has 0 saturated carbocycles.